The van der Waals surface area contributed by atoms with Crippen LogP contribution in [0.4, 0.5) is 5.69 Å². The van der Waals surface area contributed by atoms with Crippen molar-refractivity contribution >= 4 is 21.6 Å². The molecule has 0 radical (unpaired) electrons. The maximum Gasteiger partial charge on any atom is 0.250 e. The second-order valence-corrected chi connectivity index (χ2v) is 7.80. The molecule has 1 aromatic carbocycles. The molecule has 1 aliphatic rings. The summed E-state index contributed by atoms with van der Waals surface area (Å²) in [6.45, 7) is 7.08. The first-order valence-electron chi connectivity index (χ1n) is 8.69. The molecule has 6 heteroatoms. The molecule has 0 spiro atoms. The highest BCUT2D eigenvalue weighted by atomic mass is 32.2. The van der Waals surface area contributed by atoms with Crippen LogP contribution in [0.15, 0.2) is 47.4 Å². The van der Waals surface area contributed by atoms with E-state index in [0.29, 0.717) is 24.5 Å². The Bertz CT molecular complexity index is 778. The molecule has 25 heavy (non-hydrogen) atoms. The van der Waals surface area contributed by atoms with Crippen molar-refractivity contribution in [2.75, 3.05) is 24.5 Å². The summed E-state index contributed by atoms with van der Waals surface area (Å²) in [7, 11) is -3.48. The molecule has 0 aromatic heterocycles. The molecule has 0 atom stereocenters. The molecule has 0 saturated carbocycles. The lowest BCUT2D eigenvalue weighted by molar-refractivity contribution is -0.114. The normalized spacial score (nSPS) is 15.3. The van der Waals surface area contributed by atoms with E-state index in [1.165, 1.54) is 10.4 Å². The minimum atomic E-state index is -3.48. The fourth-order valence-electron chi connectivity index (χ4n) is 3.01. The topological polar surface area (TPSA) is 57.7 Å². The van der Waals surface area contributed by atoms with Crippen molar-refractivity contribution in [3.8, 4) is 0 Å². The molecular formula is C19H26N2O3S. The van der Waals surface area contributed by atoms with Crippen molar-refractivity contribution < 1.29 is 13.2 Å². The Morgan fingerprint density at radius 3 is 2.60 bits per heavy atom. The van der Waals surface area contributed by atoms with Gasteiger partial charge in [0.25, 0.3) is 5.91 Å². The monoisotopic (exact) mass is 362 g/mol. The highest BCUT2D eigenvalue weighted by molar-refractivity contribution is 7.89. The Morgan fingerprint density at radius 2 is 1.96 bits per heavy atom. The van der Waals surface area contributed by atoms with E-state index < -0.39 is 10.0 Å². The van der Waals surface area contributed by atoms with Gasteiger partial charge in [0.2, 0.25) is 10.0 Å². The van der Waals surface area contributed by atoms with Crippen LogP contribution in [0.1, 0.15) is 32.8 Å². The molecular weight excluding hydrogens is 336 g/mol. The van der Waals surface area contributed by atoms with E-state index in [9.17, 15) is 13.2 Å². The van der Waals surface area contributed by atoms with Crippen LogP contribution in [-0.2, 0) is 21.2 Å². The van der Waals surface area contributed by atoms with E-state index in [2.05, 4.69) is 0 Å². The van der Waals surface area contributed by atoms with Crippen LogP contribution in [0, 0.1) is 0 Å². The minimum absolute atomic E-state index is 0.0848. The number of benzene rings is 1. The quantitative estimate of drug-likeness (QED) is 0.577. The van der Waals surface area contributed by atoms with E-state index in [1.54, 1.807) is 29.2 Å². The Morgan fingerprint density at radius 1 is 1.24 bits per heavy atom. The fraction of sp³-hybridized carbons (Fsp3) is 0.421. The number of hydrogen-bond donors (Lipinski definition) is 0. The number of rotatable bonds is 6. The van der Waals surface area contributed by atoms with Crippen molar-refractivity contribution in [1.82, 2.24) is 4.31 Å². The Labute approximate surface area is 150 Å². The summed E-state index contributed by atoms with van der Waals surface area (Å²) in [5.74, 6) is -0.0848. The van der Waals surface area contributed by atoms with Crippen molar-refractivity contribution in [2.24, 2.45) is 0 Å². The fourth-order valence-corrected chi connectivity index (χ4v) is 4.52. The third-order valence-corrected chi connectivity index (χ3v) is 6.37. The number of carbonyl (C=O) groups is 1. The van der Waals surface area contributed by atoms with Gasteiger partial charge in [-0.05, 0) is 43.5 Å². The summed E-state index contributed by atoms with van der Waals surface area (Å²) in [5, 5.41) is 0. The number of amides is 1. The molecule has 2 rings (SSSR count). The number of fused-ring (bicyclic) bond motifs is 1. The molecule has 0 fully saturated rings. The number of allylic oxidation sites excluding steroid dienone is 3. The molecule has 1 amide bonds. The minimum Gasteiger partial charge on any atom is -0.309 e. The number of aryl methyl sites for hydroxylation is 1. The van der Waals surface area contributed by atoms with E-state index in [4.69, 9.17) is 0 Å². The molecule has 0 N–H and O–H groups in total. The third kappa shape index (κ3) is 4.19. The number of anilines is 1. The second kappa shape index (κ2) is 8.45. The zero-order valence-electron chi connectivity index (χ0n) is 15.1. The van der Waals surface area contributed by atoms with Crippen LogP contribution in [0.25, 0.3) is 0 Å². The molecule has 5 nitrogen and oxygen atoms in total. The molecule has 136 valence electrons. The number of hydrogen-bond acceptors (Lipinski definition) is 3. The van der Waals surface area contributed by atoms with E-state index in [-0.39, 0.29) is 5.91 Å². The van der Waals surface area contributed by atoms with Crippen LogP contribution < -0.4 is 4.90 Å². The maximum absolute atomic E-state index is 12.7. The van der Waals surface area contributed by atoms with Crippen LogP contribution in [-0.4, -0.2) is 38.3 Å². The number of sulfonamides is 1. The largest absolute Gasteiger partial charge is 0.309 e. The Kier molecular flexibility index (Phi) is 6.56. The van der Waals surface area contributed by atoms with Gasteiger partial charge in [0.1, 0.15) is 0 Å². The average Bonchev–Trinajstić information content (AvgIpc) is 2.61. The lowest BCUT2D eigenvalue weighted by Gasteiger charge is -2.29. The average molecular weight is 362 g/mol. The zero-order chi connectivity index (χ0) is 18.4. The van der Waals surface area contributed by atoms with E-state index >= 15 is 0 Å². The number of nitrogens with zero attached hydrogens (tertiary/aromatic N) is 2. The van der Waals surface area contributed by atoms with Crippen molar-refractivity contribution in [1.29, 1.82) is 0 Å². The van der Waals surface area contributed by atoms with Crippen molar-refractivity contribution in [2.45, 2.75) is 38.5 Å². The maximum atomic E-state index is 12.7. The molecule has 1 heterocycles. The van der Waals surface area contributed by atoms with Gasteiger partial charge in [0, 0.05) is 31.4 Å². The second-order valence-electron chi connectivity index (χ2n) is 5.86. The van der Waals surface area contributed by atoms with Gasteiger partial charge in [0.05, 0.1) is 4.90 Å². The van der Waals surface area contributed by atoms with Gasteiger partial charge in [-0.25, -0.2) is 8.42 Å². The van der Waals surface area contributed by atoms with Gasteiger partial charge in [0.15, 0.2) is 0 Å². The van der Waals surface area contributed by atoms with E-state index in [1.807, 2.05) is 32.9 Å². The van der Waals surface area contributed by atoms with Gasteiger partial charge < -0.3 is 4.90 Å². The zero-order valence-corrected chi connectivity index (χ0v) is 15.9. The van der Waals surface area contributed by atoms with Gasteiger partial charge in [-0.2, -0.15) is 4.31 Å². The van der Waals surface area contributed by atoms with Crippen molar-refractivity contribution in [3.63, 3.8) is 0 Å². The SMILES string of the molecule is C/C=C/C=C/C(=O)N1CCCc2cc(S(=O)(=O)N(CC)CC)ccc21. The molecule has 1 aromatic rings. The Balaban J connectivity index is 2.36. The standard InChI is InChI=1S/C19H26N2O3S/c1-4-7-8-11-19(22)21-14-9-10-16-15-17(12-13-18(16)21)25(23,24)20(5-2)6-3/h4,7-8,11-13,15H,5-6,9-10,14H2,1-3H3/b7-4+,11-8+. The summed E-state index contributed by atoms with van der Waals surface area (Å²) in [6, 6.07) is 5.08. The lowest BCUT2D eigenvalue weighted by Crippen LogP contribution is -2.35. The predicted octanol–water partition coefficient (Wildman–Crippen LogP) is 3.13. The Hall–Kier alpha value is -1.92. The van der Waals surface area contributed by atoms with Crippen LogP contribution in [0.5, 0.6) is 0 Å². The molecule has 0 saturated heterocycles. The molecule has 0 aliphatic carbocycles. The van der Waals surface area contributed by atoms with Crippen LogP contribution in [0.2, 0.25) is 0 Å². The summed E-state index contributed by atoms with van der Waals surface area (Å²) >= 11 is 0. The van der Waals surface area contributed by atoms with Gasteiger partial charge in [-0.1, -0.05) is 32.1 Å². The molecule has 0 bridgehead atoms. The third-order valence-electron chi connectivity index (χ3n) is 4.32. The first kappa shape index (κ1) is 19.4. The highest BCUT2D eigenvalue weighted by Crippen LogP contribution is 2.30. The lowest BCUT2D eigenvalue weighted by atomic mass is 10.0. The van der Waals surface area contributed by atoms with Crippen LogP contribution >= 0.6 is 0 Å². The highest BCUT2D eigenvalue weighted by Gasteiger charge is 2.26. The first-order valence-corrected chi connectivity index (χ1v) is 10.1. The smallest absolute Gasteiger partial charge is 0.250 e. The first-order chi connectivity index (χ1) is 12.0. The van der Waals surface area contributed by atoms with Crippen LogP contribution in [0.3, 0.4) is 0 Å². The molecule has 1 aliphatic heterocycles. The summed E-state index contributed by atoms with van der Waals surface area (Å²) < 4.78 is 26.8. The predicted molar refractivity (Wildman–Crippen MR) is 101 cm³/mol. The van der Waals surface area contributed by atoms with Gasteiger partial charge in [-0.15, -0.1) is 0 Å². The summed E-state index contributed by atoms with van der Waals surface area (Å²) in [5.41, 5.74) is 1.71. The van der Waals surface area contributed by atoms with Crippen molar-refractivity contribution in [3.05, 3.63) is 48.1 Å². The summed E-state index contributed by atoms with van der Waals surface area (Å²) in [4.78, 5) is 14.4. The van der Waals surface area contributed by atoms with Gasteiger partial charge >= 0.3 is 0 Å². The van der Waals surface area contributed by atoms with E-state index in [0.717, 1.165) is 24.1 Å². The molecule has 0 unspecified atom stereocenters. The number of carbonyl (C=O) groups excluding carboxylic acids is 1. The van der Waals surface area contributed by atoms with Gasteiger partial charge in [-0.3, -0.25) is 4.79 Å². The summed E-state index contributed by atoms with van der Waals surface area (Å²) in [6.07, 6.45) is 8.52.